The Labute approximate surface area is 131 Å². The van der Waals surface area contributed by atoms with Gasteiger partial charge in [0.2, 0.25) is 0 Å². The van der Waals surface area contributed by atoms with Gasteiger partial charge in [-0.1, -0.05) is 6.07 Å². The number of H-pyrrole nitrogens is 1. The van der Waals surface area contributed by atoms with E-state index in [4.69, 9.17) is 10.00 Å². The molecule has 8 heteroatoms. The second-order valence-electron chi connectivity index (χ2n) is 4.54. The van der Waals surface area contributed by atoms with Crippen molar-refractivity contribution in [3.63, 3.8) is 0 Å². The monoisotopic (exact) mass is 308 g/mol. The molecule has 1 aromatic carbocycles. The second kappa shape index (κ2) is 6.03. The van der Waals surface area contributed by atoms with E-state index < -0.39 is 0 Å². The van der Waals surface area contributed by atoms with Crippen LogP contribution in [0.4, 0.5) is 11.6 Å². The van der Waals surface area contributed by atoms with Crippen LogP contribution in [0, 0.1) is 11.3 Å². The van der Waals surface area contributed by atoms with Crippen molar-refractivity contribution in [1.82, 2.24) is 20.2 Å². The summed E-state index contributed by atoms with van der Waals surface area (Å²) >= 11 is 0. The van der Waals surface area contributed by atoms with Crippen LogP contribution in [-0.2, 0) is 0 Å². The topological polar surface area (TPSA) is 120 Å². The van der Waals surface area contributed by atoms with E-state index in [2.05, 4.69) is 25.5 Å². The Kier molecular flexibility index (Phi) is 3.76. The van der Waals surface area contributed by atoms with Gasteiger partial charge in [-0.2, -0.15) is 10.4 Å². The van der Waals surface area contributed by atoms with Gasteiger partial charge in [-0.05, 0) is 12.1 Å². The van der Waals surface area contributed by atoms with Crippen LogP contribution in [0.25, 0.3) is 11.3 Å². The van der Waals surface area contributed by atoms with Crippen molar-refractivity contribution < 1.29 is 9.84 Å². The number of anilines is 2. The van der Waals surface area contributed by atoms with Gasteiger partial charge in [-0.15, -0.1) is 0 Å². The van der Waals surface area contributed by atoms with E-state index in [1.54, 1.807) is 24.3 Å². The molecule has 0 radical (unpaired) electrons. The lowest BCUT2D eigenvalue weighted by molar-refractivity contribution is 0.410. The van der Waals surface area contributed by atoms with Crippen molar-refractivity contribution in [2.75, 3.05) is 12.4 Å². The minimum absolute atomic E-state index is 0.0812. The number of nitriles is 1. The Balaban J connectivity index is 1.87. The Morgan fingerprint density at radius 2 is 2.13 bits per heavy atom. The van der Waals surface area contributed by atoms with Gasteiger partial charge in [-0.3, -0.25) is 5.10 Å². The summed E-state index contributed by atoms with van der Waals surface area (Å²) in [6.07, 6.45) is 2.80. The van der Waals surface area contributed by atoms with Crippen molar-refractivity contribution in [3.05, 3.63) is 42.4 Å². The van der Waals surface area contributed by atoms with E-state index in [1.165, 1.54) is 19.5 Å². The van der Waals surface area contributed by atoms with Crippen molar-refractivity contribution in [2.45, 2.75) is 0 Å². The fraction of sp³-hybridized carbons (Fsp3) is 0.0667. The molecule has 0 saturated heterocycles. The first-order chi connectivity index (χ1) is 11.2. The van der Waals surface area contributed by atoms with Gasteiger partial charge in [0.15, 0.2) is 11.5 Å². The highest BCUT2D eigenvalue weighted by Crippen LogP contribution is 2.37. The minimum atomic E-state index is 0.0812. The molecule has 0 fully saturated rings. The summed E-state index contributed by atoms with van der Waals surface area (Å²) in [5.74, 6) is 1.55. The normalized spacial score (nSPS) is 10.1. The molecule has 0 atom stereocenters. The van der Waals surface area contributed by atoms with Crippen molar-refractivity contribution in [2.24, 2.45) is 0 Å². The minimum Gasteiger partial charge on any atom is -0.507 e. The van der Waals surface area contributed by atoms with Crippen LogP contribution in [0.5, 0.6) is 11.5 Å². The fourth-order valence-electron chi connectivity index (χ4n) is 2.06. The van der Waals surface area contributed by atoms with E-state index >= 15 is 0 Å². The fourth-order valence-corrected chi connectivity index (χ4v) is 2.06. The standard InChI is InChI=1S/C15H12N6O2/c1-23-12-4-2-3-11(22)15(12)10-5-13(21-20-10)19-14-8-17-9(6-16)7-18-14/h2-5,7-8,22H,1H3,(H2,18,19,20,21). The molecule has 0 aliphatic carbocycles. The van der Waals surface area contributed by atoms with E-state index in [0.29, 0.717) is 28.6 Å². The number of aromatic nitrogens is 4. The molecule has 0 saturated carbocycles. The van der Waals surface area contributed by atoms with Gasteiger partial charge >= 0.3 is 0 Å². The lowest BCUT2D eigenvalue weighted by atomic mass is 10.1. The Bertz CT molecular complexity index is 866. The number of rotatable bonds is 4. The molecule has 0 unspecified atom stereocenters. The summed E-state index contributed by atoms with van der Waals surface area (Å²) in [5.41, 5.74) is 1.34. The predicted molar refractivity (Wildman–Crippen MR) is 82.3 cm³/mol. The molecule has 114 valence electrons. The third-order valence-corrected chi connectivity index (χ3v) is 3.09. The molecular weight excluding hydrogens is 296 g/mol. The molecule has 0 aliphatic rings. The molecule has 0 aliphatic heterocycles. The van der Waals surface area contributed by atoms with Crippen LogP contribution >= 0.6 is 0 Å². The number of nitrogens with zero attached hydrogens (tertiary/aromatic N) is 4. The second-order valence-corrected chi connectivity index (χ2v) is 4.54. The van der Waals surface area contributed by atoms with Crippen molar-refractivity contribution >= 4 is 11.6 Å². The maximum absolute atomic E-state index is 10.0. The summed E-state index contributed by atoms with van der Waals surface area (Å²) in [6, 6.07) is 8.61. The molecule has 3 aromatic rings. The van der Waals surface area contributed by atoms with Gasteiger partial charge < -0.3 is 15.2 Å². The predicted octanol–water partition coefficient (Wildman–Crippen LogP) is 2.20. The Morgan fingerprint density at radius 3 is 2.83 bits per heavy atom. The first-order valence-electron chi connectivity index (χ1n) is 6.62. The number of ether oxygens (including phenoxy) is 1. The number of benzene rings is 1. The van der Waals surface area contributed by atoms with Gasteiger partial charge in [0.05, 0.1) is 30.8 Å². The Hall–Kier alpha value is -3.60. The number of phenols is 1. The maximum atomic E-state index is 10.0. The lowest BCUT2D eigenvalue weighted by Crippen LogP contribution is -1.95. The highest BCUT2D eigenvalue weighted by atomic mass is 16.5. The Morgan fingerprint density at radius 1 is 1.26 bits per heavy atom. The number of aromatic hydroxyl groups is 1. The molecule has 0 spiro atoms. The average Bonchev–Trinajstić information content (AvgIpc) is 3.03. The van der Waals surface area contributed by atoms with Crippen molar-refractivity contribution in [3.8, 4) is 28.8 Å². The van der Waals surface area contributed by atoms with E-state index in [-0.39, 0.29) is 11.4 Å². The summed E-state index contributed by atoms with van der Waals surface area (Å²) in [5, 5.41) is 28.6. The summed E-state index contributed by atoms with van der Waals surface area (Å²) in [6.45, 7) is 0. The molecule has 2 heterocycles. The number of phenolic OH excluding ortho intramolecular Hbond substituents is 1. The molecule has 0 bridgehead atoms. The van der Waals surface area contributed by atoms with Gasteiger partial charge in [0, 0.05) is 6.07 Å². The first-order valence-corrected chi connectivity index (χ1v) is 6.62. The highest BCUT2D eigenvalue weighted by molar-refractivity contribution is 5.75. The zero-order valence-electron chi connectivity index (χ0n) is 12.1. The summed E-state index contributed by atoms with van der Waals surface area (Å²) in [4.78, 5) is 7.97. The zero-order chi connectivity index (χ0) is 16.2. The molecule has 2 aromatic heterocycles. The van der Waals surface area contributed by atoms with Crippen LogP contribution in [0.15, 0.2) is 36.7 Å². The summed E-state index contributed by atoms with van der Waals surface area (Å²) < 4.78 is 5.25. The van der Waals surface area contributed by atoms with E-state index in [0.717, 1.165) is 0 Å². The van der Waals surface area contributed by atoms with E-state index in [9.17, 15) is 5.11 Å². The SMILES string of the molecule is COc1cccc(O)c1-c1cc(Nc2cnc(C#N)cn2)n[nH]1. The smallest absolute Gasteiger partial charge is 0.158 e. The van der Waals surface area contributed by atoms with Crippen LogP contribution in [0.2, 0.25) is 0 Å². The van der Waals surface area contributed by atoms with Crippen LogP contribution in [0.1, 0.15) is 5.69 Å². The van der Waals surface area contributed by atoms with Crippen molar-refractivity contribution in [1.29, 1.82) is 5.26 Å². The number of aromatic amines is 1. The van der Waals surface area contributed by atoms with Gasteiger partial charge in [0.1, 0.15) is 23.4 Å². The largest absolute Gasteiger partial charge is 0.507 e. The number of nitrogens with one attached hydrogen (secondary N) is 2. The zero-order valence-corrected chi connectivity index (χ0v) is 12.1. The highest BCUT2D eigenvalue weighted by Gasteiger charge is 2.14. The number of methoxy groups -OCH3 is 1. The van der Waals surface area contributed by atoms with Gasteiger partial charge in [0.25, 0.3) is 0 Å². The number of hydrogen-bond acceptors (Lipinski definition) is 7. The quantitative estimate of drug-likeness (QED) is 0.675. The molecule has 8 nitrogen and oxygen atoms in total. The summed E-state index contributed by atoms with van der Waals surface area (Å²) in [7, 11) is 1.53. The average molecular weight is 308 g/mol. The molecule has 23 heavy (non-hydrogen) atoms. The third kappa shape index (κ3) is 2.89. The van der Waals surface area contributed by atoms with Crippen LogP contribution < -0.4 is 10.1 Å². The first kappa shape index (κ1) is 14.3. The van der Waals surface area contributed by atoms with Crippen LogP contribution in [0.3, 0.4) is 0 Å². The van der Waals surface area contributed by atoms with Crippen LogP contribution in [-0.4, -0.2) is 32.4 Å². The maximum Gasteiger partial charge on any atom is 0.158 e. The third-order valence-electron chi connectivity index (χ3n) is 3.09. The number of hydrogen-bond donors (Lipinski definition) is 3. The molecule has 3 N–H and O–H groups in total. The lowest BCUT2D eigenvalue weighted by Gasteiger charge is -2.07. The molecule has 0 amide bonds. The molecular formula is C15H12N6O2. The van der Waals surface area contributed by atoms with Gasteiger partial charge in [-0.25, -0.2) is 9.97 Å². The molecule has 3 rings (SSSR count). The van der Waals surface area contributed by atoms with E-state index in [1.807, 2.05) is 6.07 Å².